The molecule has 2 unspecified atom stereocenters. The molecular weight excluding hydrogens is 600 g/mol. The van der Waals surface area contributed by atoms with Gasteiger partial charge in [0, 0.05) is 36.3 Å². The second-order valence-corrected chi connectivity index (χ2v) is 11.2. The molecule has 0 bridgehead atoms. The first-order valence-corrected chi connectivity index (χ1v) is 15.1. The van der Waals surface area contributed by atoms with Crippen LogP contribution in [0.2, 0.25) is 0 Å². The molecular formula is C33H51BrN2O6. The third-order valence-electron chi connectivity index (χ3n) is 7.17. The van der Waals surface area contributed by atoms with E-state index in [1.807, 2.05) is 26.0 Å². The number of rotatable bonds is 7. The molecule has 0 aliphatic carbocycles. The molecule has 2 heterocycles. The number of benzene rings is 2. The van der Waals surface area contributed by atoms with E-state index in [9.17, 15) is 9.59 Å². The van der Waals surface area contributed by atoms with Gasteiger partial charge in [0.2, 0.25) is 0 Å². The Labute approximate surface area is 261 Å². The van der Waals surface area contributed by atoms with Crippen LogP contribution in [0.5, 0.6) is 0 Å². The highest BCUT2D eigenvalue weighted by Crippen LogP contribution is 2.28. The molecule has 2 aromatic carbocycles. The zero-order valence-electron chi connectivity index (χ0n) is 25.5. The van der Waals surface area contributed by atoms with Gasteiger partial charge in [-0.25, -0.2) is 0 Å². The van der Waals surface area contributed by atoms with E-state index in [1.54, 1.807) is 0 Å². The standard InChI is InChI=1S/C16H23NO3.C12H15BrO2.C4H9NO.CH4/c1-12-4-5-14(13(2)10-16(18)19-3)11-15(12)17-6-8-20-9-7-17;1-8-4-5-10(7-11(8)13)9(2)6-12(14)15-3;1-3-6-4-2-5-1;/h4-5,11,13H,6-10H2,1-3H3;4-5,7,9H,6H2,1-3H3;5H,1-4H2;1H4. The fourth-order valence-electron chi connectivity index (χ4n) is 4.41. The van der Waals surface area contributed by atoms with E-state index < -0.39 is 0 Å². The molecule has 2 atom stereocenters. The van der Waals surface area contributed by atoms with Crippen molar-refractivity contribution >= 4 is 33.6 Å². The number of hydrogen-bond acceptors (Lipinski definition) is 8. The van der Waals surface area contributed by atoms with Crippen molar-refractivity contribution in [2.45, 2.75) is 59.8 Å². The minimum atomic E-state index is -0.167. The zero-order valence-corrected chi connectivity index (χ0v) is 27.1. The van der Waals surface area contributed by atoms with Crippen molar-refractivity contribution in [2.75, 3.05) is 71.7 Å². The highest BCUT2D eigenvalue weighted by atomic mass is 79.9. The van der Waals surface area contributed by atoms with Crippen molar-refractivity contribution in [1.82, 2.24) is 5.32 Å². The molecule has 2 fully saturated rings. The van der Waals surface area contributed by atoms with Crippen LogP contribution in [0.15, 0.2) is 40.9 Å². The van der Waals surface area contributed by atoms with Gasteiger partial charge in [-0.05, 0) is 60.1 Å². The van der Waals surface area contributed by atoms with Crippen molar-refractivity contribution in [2.24, 2.45) is 0 Å². The van der Waals surface area contributed by atoms with Gasteiger partial charge >= 0.3 is 11.9 Å². The largest absolute Gasteiger partial charge is 0.469 e. The normalized spacial score (nSPS) is 15.8. The van der Waals surface area contributed by atoms with Gasteiger partial charge < -0.3 is 29.2 Å². The molecule has 9 heteroatoms. The first kappa shape index (κ1) is 37.6. The predicted molar refractivity (Wildman–Crippen MR) is 174 cm³/mol. The lowest BCUT2D eigenvalue weighted by Gasteiger charge is -2.31. The molecule has 0 radical (unpaired) electrons. The molecule has 4 rings (SSSR count). The van der Waals surface area contributed by atoms with Crippen LogP contribution in [-0.2, 0) is 28.5 Å². The number of aryl methyl sites for hydroxylation is 2. The van der Waals surface area contributed by atoms with Crippen molar-refractivity contribution in [3.63, 3.8) is 0 Å². The van der Waals surface area contributed by atoms with Gasteiger partial charge in [0.1, 0.15) is 0 Å². The van der Waals surface area contributed by atoms with Crippen LogP contribution in [-0.4, -0.2) is 78.8 Å². The van der Waals surface area contributed by atoms with Crippen LogP contribution < -0.4 is 10.2 Å². The van der Waals surface area contributed by atoms with E-state index in [0.29, 0.717) is 12.8 Å². The summed E-state index contributed by atoms with van der Waals surface area (Å²) in [7, 11) is 2.85. The fourth-order valence-corrected chi connectivity index (χ4v) is 4.81. The first-order chi connectivity index (χ1) is 19.7. The van der Waals surface area contributed by atoms with Gasteiger partial charge in [-0.15, -0.1) is 0 Å². The Balaban J connectivity index is 0.000000352. The highest BCUT2D eigenvalue weighted by molar-refractivity contribution is 9.10. The summed E-state index contributed by atoms with van der Waals surface area (Å²) in [6.07, 6.45) is 0.841. The Hall–Kier alpha value is -2.46. The molecule has 2 saturated heterocycles. The van der Waals surface area contributed by atoms with Crippen molar-refractivity contribution in [3.8, 4) is 0 Å². The van der Waals surface area contributed by atoms with Gasteiger partial charge in [-0.2, -0.15) is 0 Å². The minimum Gasteiger partial charge on any atom is -0.469 e. The van der Waals surface area contributed by atoms with Crippen molar-refractivity contribution in [3.05, 3.63) is 63.1 Å². The van der Waals surface area contributed by atoms with E-state index in [4.69, 9.17) is 14.2 Å². The average molecular weight is 652 g/mol. The quantitative estimate of drug-likeness (QED) is 0.357. The van der Waals surface area contributed by atoms with Gasteiger partial charge in [0.25, 0.3) is 0 Å². The molecule has 0 spiro atoms. The number of anilines is 1. The summed E-state index contributed by atoms with van der Waals surface area (Å²) >= 11 is 3.48. The van der Waals surface area contributed by atoms with Gasteiger partial charge in [-0.3, -0.25) is 9.59 Å². The molecule has 2 aromatic rings. The first-order valence-electron chi connectivity index (χ1n) is 14.3. The average Bonchev–Trinajstić information content (AvgIpc) is 3.00. The van der Waals surface area contributed by atoms with Crippen molar-refractivity contribution in [1.29, 1.82) is 0 Å². The second kappa shape index (κ2) is 20.4. The number of methoxy groups -OCH3 is 2. The molecule has 2 aliphatic heterocycles. The second-order valence-electron chi connectivity index (χ2n) is 10.4. The maximum absolute atomic E-state index is 11.4. The lowest BCUT2D eigenvalue weighted by Crippen LogP contribution is -2.36. The predicted octanol–water partition coefficient (Wildman–Crippen LogP) is 6.16. The highest BCUT2D eigenvalue weighted by Gasteiger charge is 2.17. The number of nitrogens with zero attached hydrogens (tertiary/aromatic N) is 1. The number of morpholine rings is 2. The lowest BCUT2D eigenvalue weighted by atomic mass is 9.95. The summed E-state index contributed by atoms with van der Waals surface area (Å²) < 4.78 is 20.9. The molecule has 42 heavy (non-hydrogen) atoms. The van der Waals surface area contributed by atoms with Gasteiger partial charge in [-0.1, -0.05) is 61.5 Å². The van der Waals surface area contributed by atoms with E-state index in [1.165, 1.54) is 36.6 Å². The summed E-state index contributed by atoms with van der Waals surface area (Å²) in [6.45, 7) is 15.5. The third kappa shape index (κ3) is 13.2. The van der Waals surface area contributed by atoms with E-state index in [-0.39, 0.29) is 31.2 Å². The molecule has 0 amide bonds. The number of ether oxygens (including phenoxy) is 4. The number of halogens is 1. The molecule has 0 aromatic heterocycles. The Morgan fingerprint density at radius 2 is 1.31 bits per heavy atom. The van der Waals surface area contributed by atoms with Crippen LogP contribution in [0.4, 0.5) is 5.69 Å². The Kier molecular flexibility index (Phi) is 18.3. The summed E-state index contributed by atoms with van der Waals surface area (Å²) in [5.41, 5.74) is 6.05. The molecule has 236 valence electrons. The molecule has 8 nitrogen and oxygen atoms in total. The number of hydrogen-bond donors (Lipinski definition) is 1. The summed E-state index contributed by atoms with van der Waals surface area (Å²) in [5, 5.41) is 3.16. The number of carbonyl (C=O) groups is 2. The van der Waals surface area contributed by atoms with Crippen LogP contribution in [0.25, 0.3) is 0 Å². The van der Waals surface area contributed by atoms with Crippen molar-refractivity contribution < 1.29 is 28.5 Å². The smallest absolute Gasteiger partial charge is 0.306 e. The monoisotopic (exact) mass is 650 g/mol. The Morgan fingerprint density at radius 3 is 1.74 bits per heavy atom. The summed E-state index contributed by atoms with van der Waals surface area (Å²) in [6, 6.07) is 12.6. The topological polar surface area (TPSA) is 86.3 Å². The molecule has 1 N–H and O–H groups in total. The zero-order chi connectivity index (χ0) is 30.2. The van der Waals surface area contributed by atoms with E-state index in [2.05, 4.69) is 69.0 Å². The number of esters is 2. The lowest BCUT2D eigenvalue weighted by molar-refractivity contribution is -0.141. The molecule has 2 aliphatic rings. The Morgan fingerprint density at radius 1 is 0.833 bits per heavy atom. The number of nitrogens with one attached hydrogen (secondary N) is 1. The SMILES string of the molecule is C.C1COCCN1.COC(=O)CC(C)c1ccc(C)c(Br)c1.COC(=O)CC(C)c1ccc(C)c(N2CCOCC2)c1. The van der Waals surface area contributed by atoms with Crippen LogP contribution >= 0.6 is 15.9 Å². The van der Waals surface area contributed by atoms with Crippen LogP contribution in [0.1, 0.15) is 68.2 Å². The van der Waals surface area contributed by atoms with Crippen LogP contribution in [0, 0.1) is 13.8 Å². The van der Waals surface area contributed by atoms with Gasteiger partial charge in [0.15, 0.2) is 0 Å². The van der Waals surface area contributed by atoms with E-state index >= 15 is 0 Å². The minimum absolute atomic E-state index is 0. The fraction of sp³-hybridized carbons (Fsp3) is 0.576. The number of carbonyl (C=O) groups excluding carboxylic acids is 2. The van der Waals surface area contributed by atoms with Crippen LogP contribution in [0.3, 0.4) is 0 Å². The summed E-state index contributed by atoms with van der Waals surface area (Å²) in [5.74, 6) is 0.0300. The maximum atomic E-state index is 11.4. The summed E-state index contributed by atoms with van der Waals surface area (Å²) in [4.78, 5) is 24.9. The van der Waals surface area contributed by atoms with E-state index in [0.717, 1.165) is 62.6 Å². The molecule has 0 saturated carbocycles. The maximum Gasteiger partial charge on any atom is 0.306 e. The Bertz CT molecular complexity index is 1070. The third-order valence-corrected chi connectivity index (χ3v) is 8.02. The van der Waals surface area contributed by atoms with Gasteiger partial charge in [0.05, 0.1) is 53.5 Å².